The third kappa shape index (κ3) is 3.75. The number of hydrogen-bond acceptors (Lipinski definition) is 2. The van der Waals surface area contributed by atoms with Crippen molar-refractivity contribution in [3.05, 3.63) is 82.8 Å². The largest absolute Gasteiger partial charge is 0.460 e. The molecule has 3 aromatic rings. The van der Waals surface area contributed by atoms with Gasteiger partial charge in [-0.15, -0.1) is 0 Å². The third-order valence-electron chi connectivity index (χ3n) is 3.31. The van der Waals surface area contributed by atoms with E-state index in [1.807, 2.05) is 36.4 Å². The first-order valence-corrected chi connectivity index (χ1v) is 7.38. The fraction of sp³-hybridized carbons (Fsp3) is 0.111. The van der Waals surface area contributed by atoms with E-state index in [0.29, 0.717) is 18.1 Å². The van der Waals surface area contributed by atoms with Gasteiger partial charge in [-0.3, -0.25) is 0 Å². The van der Waals surface area contributed by atoms with Crippen LogP contribution in [0.4, 0.5) is 4.39 Å². The molecule has 0 aliphatic carbocycles. The summed E-state index contributed by atoms with van der Waals surface area (Å²) in [4.78, 5) is 0. The Morgan fingerprint density at radius 3 is 2.55 bits per heavy atom. The second-order valence-electron chi connectivity index (χ2n) is 5.01. The maximum absolute atomic E-state index is 12.8. The van der Waals surface area contributed by atoms with Gasteiger partial charge < -0.3 is 9.73 Å². The lowest BCUT2D eigenvalue weighted by molar-refractivity contribution is 0.493. The second kappa shape index (κ2) is 6.77. The summed E-state index contributed by atoms with van der Waals surface area (Å²) >= 11 is 5.98. The normalized spacial score (nSPS) is 10.8. The van der Waals surface area contributed by atoms with Gasteiger partial charge in [0.25, 0.3) is 0 Å². The molecule has 0 unspecified atom stereocenters. The fourth-order valence-corrected chi connectivity index (χ4v) is 2.39. The predicted molar refractivity (Wildman–Crippen MR) is 86.1 cm³/mol. The first kappa shape index (κ1) is 14.8. The van der Waals surface area contributed by atoms with Crippen LogP contribution in [0, 0.1) is 5.82 Å². The van der Waals surface area contributed by atoms with Gasteiger partial charge in [0.15, 0.2) is 0 Å². The molecule has 0 spiro atoms. The molecule has 0 amide bonds. The molecule has 2 nitrogen and oxygen atoms in total. The molecule has 2 aromatic carbocycles. The zero-order valence-corrected chi connectivity index (χ0v) is 12.6. The fourth-order valence-electron chi connectivity index (χ4n) is 2.20. The van der Waals surface area contributed by atoms with Crippen molar-refractivity contribution in [2.45, 2.75) is 13.1 Å². The smallest absolute Gasteiger partial charge is 0.134 e. The Kier molecular flexibility index (Phi) is 4.56. The Morgan fingerprint density at radius 1 is 0.955 bits per heavy atom. The molecule has 0 radical (unpaired) electrons. The van der Waals surface area contributed by atoms with E-state index in [1.54, 1.807) is 12.1 Å². The lowest BCUT2D eigenvalue weighted by atomic mass is 10.2. The summed E-state index contributed by atoms with van der Waals surface area (Å²) in [6, 6.07) is 17.9. The molecule has 1 N–H and O–H groups in total. The summed E-state index contributed by atoms with van der Waals surface area (Å²) in [5.41, 5.74) is 1.99. The van der Waals surface area contributed by atoms with E-state index in [9.17, 15) is 4.39 Å². The lowest BCUT2D eigenvalue weighted by Crippen LogP contribution is -2.11. The molecule has 3 rings (SSSR count). The molecule has 0 saturated carbocycles. The van der Waals surface area contributed by atoms with Gasteiger partial charge in [0.05, 0.1) is 6.54 Å². The van der Waals surface area contributed by atoms with E-state index >= 15 is 0 Å². The van der Waals surface area contributed by atoms with E-state index in [4.69, 9.17) is 16.0 Å². The predicted octanol–water partition coefficient (Wildman–Crippen LogP) is 5.03. The minimum absolute atomic E-state index is 0.221. The maximum Gasteiger partial charge on any atom is 0.134 e. The van der Waals surface area contributed by atoms with E-state index in [0.717, 1.165) is 22.6 Å². The zero-order valence-electron chi connectivity index (χ0n) is 11.9. The molecule has 0 fully saturated rings. The minimum Gasteiger partial charge on any atom is -0.460 e. The first-order valence-electron chi connectivity index (χ1n) is 7.00. The Bertz CT molecular complexity index is 752. The molecule has 0 saturated heterocycles. The molecule has 0 aliphatic rings. The summed E-state index contributed by atoms with van der Waals surface area (Å²) in [6.07, 6.45) is 0. The van der Waals surface area contributed by atoms with Crippen LogP contribution in [0.2, 0.25) is 5.02 Å². The van der Waals surface area contributed by atoms with Crippen LogP contribution in [0.5, 0.6) is 0 Å². The quantitative estimate of drug-likeness (QED) is 0.714. The van der Waals surface area contributed by atoms with Gasteiger partial charge in [-0.05, 0) is 42.0 Å². The molecule has 112 valence electrons. The molecule has 22 heavy (non-hydrogen) atoms. The van der Waals surface area contributed by atoms with Gasteiger partial charge in [0.1, 0.15) is 17.3 Å². The van der Waals surface area contributed by atoms with Crippen molar-refractivity contribution >= 4 is 11.6 Å². The molecule has 0 bridgehead atoms. The molecule has 4 heteroatoms. The molecular weight excluding hydrogens is 301 g/mol. The van der Waals surface area contributed by atoms with Crippen LogP contribution in [-0.2, 0) is 13.1 Å². The highest BCUT2D eigenvalue weighted by Crippen LogP contribution is 2.24. The highest BCUT2D eigenvalue weighted by Gasteiger charge is 2.05. The minimum atomic E-state index is -0.221. The zero-order chi connectivity index (χ0) is 15.4. The van der Waals surface area contributed by atoms with Crippen molar-refractivity contribution < 1.29 is 8.81 Å². The van der Waals surface area contributed by atoms with Crippen LogP contribution in [0.3, 0.4) is 0 Å². The van der Waals surface area contributed by atoms with Gasteiger partial charge in [0, 0.05) is 17.1 Å². The van der Waals surface area contributed by atoms with Crippen LogP contribution < -0.4 is 5.32 Å². The SMILES string of the molecule is Fc1ccc(CNCc2ccc(-c3cccc(Cl)c3)o2)cc1. The van der Waals surface area contributed by atoms with Crippen molar-refractivity contribution in [2.75, 3.05) is 0 Å². The van der Waals surface area contributed by atoms with Crippen LogP contribution in [0.15, 0.2) is 65.1 Å². The molecule has 0 aliphatic heterocycles. The number of hydrogen-bond donors (Lipinski definition) is 1. The van der Waals surface area contributed by atoms with Crippen molar-refractivity contribution in [3.8, 4) is 11.3 Å². The first-order chi connectivity index (χ1) is 10.7. The second-order valence-corrected chi connectivity index (χ2v) is 5.44. The number of benzene rings is 2. The number of furan rings is 1. The highest BCUT2D eigenvalue weighted by atomic mass is 35.5. The van der Waals surface area contributed by atoms with Gasteiger partial charge >= 0.3 is 0 Å². The van der Waals surface area contributed by atoms with Gasteiger partial charge in [0.2, 0.25) is 0 Å². The Hall–Kier alpha value is -2.10. The van der Waals surface area contributed by atoms with E-state index in [1.165, 1.54) is 12.1 Å². The van der Waals surface area contributed by atoms with Crippen LogP contribution in [-0.4, -0.2) is 0 Å². The topological polar surface area (TPSA) is 25.2 Å². The van der Waals surface area contributed by atoms with Crippen molar-refractivity contribution in [1.29, 1.82) is 0 Å². The maximum atomic E-state index is 12.8. The summed E-state index contributed by atoms with van der Waals surface area (Å²) in [7, 11) is 0. The Morgan fingerprint density at radius 2 is 1.77 bits per heavy atom. The van der Waals surface area contributed by atoms with E-state index < -0.39 is 0 Å². The van der Waals surface area contributed by atoms with Gasteiger partial charge in [-0.2, -0.15) is 0 Å². The molecular formula is C18H15ClFNO. The van der Waals surface area contributed by atoms with Crippen molar-refractivity contribution in [3.63, 3.8) is 0 Å². The lowest BCUT2D eigenvalue weighted by Gasteiger charge is -2.03. The molecule has 1 aromatic heterocycles. The van der Waals surface area contributed by atoms with Gasteiger partial charge in [-0.25, -0.2) is 4.39 Å². The van der Waals surface area contributed by atoms with E-state index in [-0.39, 0.29) is 5.82 Å². The van der Waals surface area contributed by atoms with E-state index in [2.05, 4.69) is 5.32 Å². The number of rotatable bonds is 5. The standard InChI is InChI=1S/C18H15ClFNO/c19-15-3-1-2-14(10-15)18-9-8-17(22-18)12-21-11-13-4-6-16(20)7-5-13/h1-10,21H,11-12H2. The third-order valence-corrected chi connectivity index (χ3v) is 3.55. The Balaban J connectivity index is 1.59. The average molecular weight is 316 g/mol. The summed E-state index contributed by atoms with van der Waals surface area (Å²) in [6.45, 7) is 1.27. The molecule has 1 heterocycles. The monoisotopic (exact) mass is 315 g/mol. The van der Waals surface area contributed by atoms with Crippen molar-refractivity contribution in [1.82, 2.24) is 5.32 Å². The average Bonchev–Trinajstić information content (AvgIpc) is 2.98. The summed E-state index contributed by atoms with van der Waals surface area (Å²) < 4.78 is 18.6. The molecule has 0 atom stereocenters. The van der Waals surface area contributed by atoms with Crippen LogP contribution >= 0.6 is 11.6 Å². The van der Waals surface area contributed by atoms with Gasteiger partial charge in [-0.1, -0.05) is 35.9 Å². The summed E-state index contributed by atoms with van der Waals surface area (Å²) in [5.74, 6) is 1.42. The summed E-state index contributed by atoms with van der Waals surface area (Å²) in [5, 5.41) is 3.96. The van der Waals surface area contributed by atoms with Crippen molar-refractivity contribution in [2.24, 2.45) is 0 Å². The highest BCUT2D eigenvalue weighted by molar-refractivity contribution is 6.30. The van der Waals surface area contributed by atoms with Crippen LogP contribution in [0.1, 0.15) is 11.3 Å². The number of halogens is 2. The Labute approximate surface area is 133 Å². The van der Waals surface area contributed by atoms with Crippen LogP contribution in [0.25, 0.3) is 11.3 Å². The number of nitrogens with one attached hydrogen (secondary N) is 1.